The predicted octanol–water partition coefficient (Wildman–Crippen LogP) is 0.443. The molecule has 6 atom stereocenters. The molecule has 1 fully saturated rings. The number of esters is 3. The molecule has 0 aromatic carbocycles. The van der Waals surface area contributed by atoms with E-state index in [2.05, 4.69) is 5.16 Å². The number of methoxy groups -OCH3 is 2. The first-order valence-corrected chi connectivity index (χ1v) is 8.74. The summed E-state index contributed by atoms with van der Waals surface area (Å²) in [5, 5.41) is 3.84. The van der Waals surface area contributed by atoms with Gasteiger partial charge in [0.05, 0.1) is 32.7 Å². The Hall–Kier alpha value is -2.75. The molecule has 150 valence electrons. The Kier molecular flexibility index (Phi) is 4.25. The average Bonchev–Trinajstić information content (AvgIpc) is 3.23. The number of carbonyl (C=O) groups excluding carboxylic acids is 3. The second-order valence-corrected chi connectivity index (χ2v) is 6.79. The number of hydrogen-bond donors (Lipinski definition) is 0. The van der Waals surface area contributed by atoms with Crippen molar-refractivity contribution in [1.29, 1.82) is 0 Å². The van der Waals surface area contributed by atoms with Crippen molar-refractivity contribution in [1.82, 2.24) is 0 Å². The van der Waals surface area contributed by atoms with Gasteiger partial charge in [-0.25, -0.2) is 18.8 Å². The van der Waals surface area contributed by atoms with Gasteiger partial charge >= 0.3 is 17.9 Å². The maximum Gasteiger partial charge on any atom is 0.356 e. The van der Waals surface area contributed by atoms with Crippen LogP contribution in [-0.2, 0) is 38.2 Å². The summed E-state index contributed by atoms with van der Waals surface area (Å²) < 4.78 is 35.2. The van der Waals surface area contributed by atoms with E-state index in [0.717, 1.165) is 0 Å². The van der Waals surface area contributed by atoms with Crippen LogP contribution in [-0.4, -0.2) is 62.3 Å². The molecule has 5 rings (SSSR count). The monoisotopic (exact) mass is 395 g/mol. The van der Waals surface area contributed by atoms with Crippen molar-refractivity contribution in [2.24, 2.45) is 22.9 Å². The van der Waals surface area contributed by atoms with Crippen molar-refractivity contribution < 1.29 is 42.6 Å². The molecule has 0 aromatic rings. The van der Waals surface area contributed by atoms with Gasteiger partial charge in [-0.2, -0.15) is 0 Å². The Bertz CT molecular complexity index is 849. The fourth-order valence-corrected chi connectivity index (χ4v) is 4.53. The third kappa shape index (κ3) is 2.20. The summed E-state index contributed by atoms with van der Waals surface area (Å²) in [7, 11) is 2.34. The summed E-state index contributed by atoms with van der Waals surface area (Å²) >= 11 is 0. The van der Waals surface area contributed by atoms with Gasteiger partial charge in [-0.15, -0.1) is 0 Å². The topological polar surface area (TPSA) is 110 Å². The number of halogens is 1. The molecule has 2 heterocycles. The zero-order chi connectivity index (χ0) is 20.2. The molecule has 1 spiro atoms. The Balaban J connectivity index is 1.82. The molecule has 0 amide bonds. The first-order chi connectivity index (χ1) is 13.4. The van der Waals surface area contributed by atoms with E-state index < -0.39 is 59.3 Å². The van der Waals surface area contributed by atoms with Crippen molar-refractivity contribution in [3.05, 3.63) is 23.6 Å². The minimum atomic E-state index is -1.36. The third-order valence-corrected chi connectivity index (χ3v) is 5.62. The van der Waals surface area contributed by atoms with Crippen LogP contribution < -0.4 is 0 Å². The van der Waals surface area contributed by atoms with E-state index in [4.69, 9.17) is 23.8 Å². The average molecular weight is 395 g/mol. The zero-order valence-corrected chi connectivity index (χ0v) is 15.3. The van der Waals surface area contributed by atoms with E-state index in [1.54, 1.807) is 6.92 Å². The summed E-state index contributed by atoms with van der Waals surface area (Å²) in [5.74, 6) is -5.76. The number of hydrogen-bond acceptors (Lipinski definition) is 9. The van der Waals surface area contributed by atoms with Crippen LogP contribution in [0.3, 0.4) is 0 Å². The van der Waals surface area contributed by atoms with Gasteiger partial charge in [-0.05, 0) is 13.0 Å². The standard InChI is InChI=1S/C18H18FNO8/c1-4-26-15(21)8-5-7-6-9(19)10(8)14-18(7)11(13(27-14)17(23)25-3)12(20-28-18)16(22)24-2/h5-7,10-11,13-14H,4H2,1-3H3/t7-,10+,11+,13+,14-,18+/m1/s1. The van der Waals surface area contributed by atoms with Gasteiger partial charge in [-0.3, -0.25) is 0 Å². The van der Waals surface area contributed by atoms with Gasteiger partial charge in [0.1, 0.15) is 11.9 Å². The lowest BCUT2D eigenvalue weighted by Crippen LogP contribution is -2.59. The van der Waals surface area contributed by atoms with Gasteiger partial charge < -0.3 is 23.8 Å². The van der Waals surface area contributed by atoms with Crippen molar-refractivity contribution in [3.63, 3.8) is 0 Å². The minimum Gasteiger partial charge on any atom is -0.467 e. The lowest BCUT2D eigenvalue weighted by Gasteiger charge is -2.46. The number of rotatable bonds is 4. The molecule has 2 aliphatic heterocycles. The Morgan fingerprint density at radius 1 is 1.21 bits per heavy atom. The van der Waals surface area contributed by atoms with Gasteiger partial charge in [0.2, 0.25) is 0 Å². The molecular weight excluding hydrogens is 377 g/mol. The van der Waals surface area contributed by atoms with E-state index in [1.165, 1.54) is 26.4 Å². The van der Waals surface area contributed by atoms with Gasteiger partial charge in [-0.1, -0.05) is 11.2 Å². The van der Waals surface area contributed by atoms with Crippen molar-refractivity contribution in [2.45, 2.75) is 24.7 Å². The van der Waals surface area contributed by atoms with E-state index >= 15 is 0 Å². The Morgan fingerprint density at radius 2 is 1.96 bits per heavy atom. The smallest absolute Gasteiger partial charge is 0.356 e. The summed E-state index contributed by atoms with van der Waals surface area (Å²) in [6.07, 6.45) is 0.463. The molecule has 5 aliphatic rings. The first kappa shape index (κ1) is 18.6. The van der Waals surface area contributed by atoms with Crippen molar-refractivity contribution >= 4 is 23.6 Å². The van der Waals surface area contributed by atoms with E-state index in [0.29, 0.717) is 0 Å². The molecule has 1 saturated heterocycles. The van der Waals surface area contributed by atoms with Crippen molar-refractivity contribution in [3.8, 4) is 0 Å². The highest BCUT2D eigenvalue weighted by Crippen LogP contribution is 2.60. The van der Waals surface area contributed by atoms with Crippen LogP contribution in [0.1, 0.15) is 6.92 Å². The fraction of sp³-hybridized carbons (Fsp3) is 0.556. The molecule has 28 heavy (non-hydrogen) atoms. The highest BCUT2D eigenvalue weighted by atomic mass is 19.1. The molecular formula is C18H18FNO8. The quantitative estimate of drug-likeness (QED) is 0.498. The summed E-state index contributed by atoms with van der Waals surface area (Å²) in [5.41, 5.74) is -1.42. The second kappa shape index (κ2) is 6.40. The molecule has 2 bridgehead atoms. The van der Waals surface area contributed by atoms with Crippen LogP contribution in [0.25, 0.3) is 0 Å². The Morgan fingerprint density at radius 3 is 2.61 bits per heavy atom. The highest BCUT2D eigenvalue weighted by molar-refractivity contribution is 6.38. The van der Waals surface area contributed by atoms with Crippen LogP contribution in [0.4, 0.5) is 4.39 Å². The molecule has 0 radical (unpaired) electrons. The lowest BCUT2D eigenvalue weighted by molar-refractivity contribution is -0.159. The van der Waals surface area contributed by atoms with Crippen molar-refractivity contribution in [2.75, 3.05) is 20.8 Å². The summed E-state index contributed by atoms with van der Waals surface area (Å²) in [6.45, 7) is 1.76. The van der Waals surface area contributed by atoms with Crippen LogP contribution in [0.15, 0.2) is 28.7 Å². The Labute approximate surface area is 159 Å². The maximum atomic E-state index is 14.8. The van der Waals surface area contributed by atoms with Crippen LogP contribution in [0.2, 0.25) is 0 Å². The predicted molar refractivity (Wildman–Crippen MR) is 88.3 cm³/mol. The number of ether oxygens (including phenoxy) is 4. The van der Waals surface area contributed by atoms with Crippen LogP contribution >= 0.6 is 0 Å². The zero-order valence-electron chi connectivity index (χ0n) is 15.3. The van der Waals surface area contributed by atoms with E-state index in [-0.39, 0.29) is 17.9 Å². The third-order valence-electron chi connectivity index (χ3n) is 5.62. The fourth-order valence-electron chi connectivity index (χ4n) is 4.53. The van der Waals surface area contributed by atoms with Gasteiger partial charge in [0, 0.05) is 11.5 Å². The number of nitrogens with zero attached hydrogens (tertiary/aromatic N) is 1. The van der Waals surface area contributed by atoms with Crippen LogP contribution in [0.5, 0.6) is 0 Å². The number of carbonyl (C=O) groups is 3. The summed E-state index contributed by atoms with van der Waals surface area (Å²) in [4.78, 5) is 42.5. The molecule has 0 N–H and O–H groups in total. The number of oxime groups is 1. The normalized spacial score (nSPS) is 37.0. The molecule has 0 saturated carbocycles. The molecule has 3 aliphatic carbocycles. The van der Waals surface area contributed by atoms with E-state index in [9.17, 15) is 18.8 Å². The molecule has 10 heteroatoms. The maximum absolute atomic E-state index is 14.8. The summed E-state index contributed by atoms with van der Waals surface area (Å²) in [6, 6.07) is 0. The molecule has 0 unspecified atom stereocenters. The van der Waals surface area contributed by atoms with Gasteiger partial charge in [0.15, 0.2) is 17.4 Å². The lowest BCUT2D eigenvalue weighted by atomic mass is 9.60. The second-order valence-electron chi connectivity index (χ2n) is 6.79. The molecule has 9 nitrogen and oxygen atoms in total. The van der Waals surface area contributed by atoms with Gasteiger partial charge in [0.25, 0.3) is 0 Å². The van der Waals surface area contributed by atoms with Crippen LogP contribution in [0, 0.1) is 17.8 Å². The largest absolute Gasteiger partial charge is 0.467 e. The van der Waals surface area contributed by atoms with E-state index in [1.807, 2.05) is 0 Å². The first-order valence-electron chi connectivity index (χ1n) is 8.74. The molecule has 0 aromatic heterocycles. The minimum absolute atomic E-state index is 0.0851. The SMILES string of the molecule is CCOC(=O)C1=C[C@@H]2C=C(F)[C@H]1[C@H]1O[C@H](C(=O)OC)[C@@H]3C(C(=O)OC)=NO[C@]213. The highest BCUT2D eigenvalue weighted by Gasteiger charge is 2.75.